The molecular formula is C16H15F2NO4S. The molecule has 0 fully saturated rings. The smallest absolute Gasteiger partial charge is 0.342 e. The van der Waals surface area contributed by atoms with Crippen LogP contribution in [0, 0.1) is 6.92 Å². The topological polar surface area (TPSA) is 68.5 Å². The molecule has 1 heterocycles. The minimum atomic E-state index is -2.50. The molecule has 0 radical (unpaired) electrons. The zero-order valence-corrected chi connectivity index (χ0v) is 13.7. The van der Waals surface area contributed by atoms with E-state index in [1.807, 2.05) is 0 Å². The molecule has 8 heteroatoms. The third-order valence-electron chi connectivity index (χ3n) is 3.08. The molecule has 1 amide bonds. The second kappa shape index (κ2) is 7.96. The van der Waals surface area contributed by atoms with E-state index in [-0.39, 0.29) is 5.56 Å². The first kappa shape index (κ1) is 18.0. The van der Waals surface area contributed by atoms with Crippen LogP contribution in [-0.2, 0) is 9.53 Å². The molecule has 5 nitrogen and oxygen atoms in total. The van der Waals surface area contributed by atoms with Crippen LogP contribution in [0.4, 0.5) is 14.5 Å². The highest BCUT2D eigenvalue weighted by atomic mass is 32.2. The Balaban J connectivity index is 1.91. The van der Waals surface area contributed by atoms with Crippen LogP contribution in [0.3, 0.4) is 0 Å². The van der Waals surface area contributed by atoms with Gasteiger partial charge >= 0.3 is 5.97 Å². The highest BCUT2D eigenvalue weighted by molar-refractivity contribution is 7.99. The maximum atomic E-state index is 12.2. The summed E-state index contributed by atoms with van der Waals surface area (Å²) in [6.45, 7) is 3.05. The molecule has 0 unspecified atom stereocenters. The number of alkyl halides is 2. The lowest BCUT2D eigenvalue weighted by Gasteiger charge is -2.13. The van der Waals surface area contributed by atoms with E-state index in [0.717, 1.165) is 0 Å². The summed E-state index contributed by atoms with van der Waals surface area (Å²) >= 11 is 0.416. The van der Waals surface area contributed by atoms with Crippen LogP contribution in [0.1, 0.15) is 23.0 Å². The van der Waals surface area contributed by atoms with Gasteiger partial charge in [-0.3, -0.25) is 4.79 Å². The Hall–Kier alpha value is -2.35. The maximum absolute atomic E-state index is 12.2. The molecule has 0 saturated carbocycles. The normalized spacial score (nSPS) is 12.0. The lowest BCUT2D eigenvalue weighted by atomic mass is 10.2. The van der Waals surface area contributed by atoms with Crippen LogP contribution in [-0.4, -0.2) is 23.7 Å². The number of rotatable bonds is 6. The molecule has 1 N–H and O–H groups in total. The van der Waals surface area contributed by atoms with Gasteiger partial charge in [0, 0.05) is 10.6 Å². The van der Waals surface area contributed by atoms with Crippen molar-refractivity contribution in [1.82, 2.24) is 0 Å². The third kappa shape index (κ3) is 4.82. The number of furan rings is 1. The van der Waals surface area contributed by atoms with Crippen molar-refractivity contribution in [2.75, 3.05) is 5.32 Å². The van der Waals surface area contributed by atoms with Crippen LogP contribution < -0.4 is 5.32 Å². The standard InChI is InChI=1S/C16H15F2NO4S/c1-9-13(7-8-22-9)15(21)23-10(2)14(20)19-11-3-5-12(6-4-11)24-16(17)18/h3-8,10,16H,1-2H3,(H,19,20)/t10-/m1/s1. The number of esters is 1. The van der Waals surface area contributed by atoms with Gasteiger partial charge in [0.2, 0.25) is 0 Å². The lowest BCUT2D eigenvalue weighted by Crippen LogP contribution is -2.30. The summed E-state index contributed by atoms with van der Waals surface area (Å²) in [5.41, 5.74) is 0.670. The van der Waals surface area contributed by atoms with Crippen LogP contribution in [0.5, 0.6) is 0 Å². The average Bonchev–Trinajstić information content (AvgIpc) is 2.94. The van der Waals surface area contributed by atoms with Gasteiger partial charge in [0.05, 0.1) is 6.26 Å². The summed E-state index contributed by atoms with van der Waals surface area (Å²) in [5, 5.41) is 2.55. The van der Waals surface area contributed by atoms with E-state index in [4.69, 9.17) is 9.15 Å². The fraction of sp³-hybridized carbons (Fsp3) is 0.250. The predicted molar refractivity (Wildman–Crippen MR) is 85.3 cm³/mol. The Morgan fingerprint density at radius 2 is 1.88 bits per heavy atom. The van der Waals surface area contributed by atoms with Gasteiger partial charge in [-0.05, 0) is 44.2 Å². The van der Waals surface area contributed by atoms with E-state index in [1.54, 1.807) is 6.92 Å². The van der Waals surface area contributed by atoms with E-state index in [0.29, 0.717) is 28.1 Å². The van der Waals surface area contributed by atoms with Gasteiger partial charge in [0.25, 0.3) is 11.7 Å². The number of nitrogens with one attached hydrogen (secondary N) is 1. The minimum absolute atomic E-state index is 0.253. The van der Waals surface area contributed by atoms with Gasteiger partial charge in [0.15, 0.2) is 6.10 Å². The van der Waals surface area contributed by atoms with Crippen molar-refractivity contribution in [3.63, 3.8) is 0 Å². The first-order valence-electron chi connectivity index (χ1n) is 6.97. The molecule has 0 spiro atoms. The molecule has 0 bridgehead atoms. The van der Waals surface area contributed by atoms with Crippen LogP contribution in [0.15, 0.2) is 45.9 Å². The molecule has 1 atom stereocenters. The maximum Gasteiger partial charge on any atom is 0.342 e. The van der Waals surface area contributed by atoms with E-state index in [1.165, 1.54) is 43.5 Å². The summed E-state index contributed by atoms with van der Waals surface area (Å²) in [4.78, 5) is 24.3. The van der Waals surface area contributed by atoms with Crippen LogP contribution in [0.2, 0.25) is 0 Å². The van der Waals surface area contributed by atoms with Gasteiger partial charge in [-0.15, -0.1) is 0 Å². The second-order valence-corrected chi connectivity index (χ2v) is 5.89. The lowest BCUT2D eigenvalue weighted by molar-refractivity contribution is -0.123. The van der Waals surface area contributed by atoms with E-state index >= 15 is 0 Å². The van der Waals surface area contributed by atoms with E-state index < -0.39 is 23.7 Å². The Labute approximate surface area is 141 Å². The molecule has 1 aromatic heterocycles. The van der Waals surface area contributed by atoms with Gasteiger partial charge < -0.3 is 14.5 Å². The zero-order chi connectivity index (χ0) is 17.7. The van der Waals surface area contributed by atoms with Gasteiger partial charge in [-0.25, -0.2) is 4.79 Å². The molecule has 0 aliphatic carbocycles. The molecule has 0 saturated heterocycles. The molecule has 0 aliphatic rings. The van der Waals surface area contributed by atoms with Crippen molar-refractivity contribution >= 4 is 29.3 Å². The van der Waals surface area contributed by atoms with Crippen molar-refractivity contribution in [3.8, 4) is 0 Å². The fourth-order valence-electron chi connectivity index (χ4n) is 1.84. The van der Waals surface area contributed by atoms with Gasteiger partial charge in [-0.1, -0.05) is 11.8 Å². The number of anilines is 1. The highest BCUT2D eigenvalue weighted by Crippen LogP contribution is 2.26. The summed E-state index contributed by atoms with van der Waals surface area (Å²) in [5.74, 6) is -3.29. The average molecular weight is 355 g/mol. The Kier molecular flexibility index (Phi) is 5.97. The van der Waals surface area contributed by atoms with Crippen LogP contribution >= 0.6 is 11.8 Å². The second-order valence-electron chi connectivity index (χ2n) is 4.83. The summed E-state index contributed by atoms with van der Waals surface area (Å²) in [7, 11) is 0. The van der Waals surface area contributed by atoms with Crippen molar-refractivity contribution in [2.45, 2.75) is 30.6 Å². The molecule has 1 aromatic carbocycles. The Bertz CT molecular complexity index is 715. The first-order valence-corrected chi connectivity index (χ1v) is 7.85. The quantitative estimate of drug-likeness (QED) is 0.624. The number of thioether (sulfide) groups is 1. The number of aryl methyl sites for hydroxylation is 1. The number of hydrogen-bond donors (Lipinski definition) is 1. The number of benzene rings is 1. The van der Waals surface area contributed by atoms with E-state index in [2.05, 4.69) is 5.32 Å². The molecule has 0 aliphatic heterocycles. The predicted octanol–water partition coefficient (Wildman–Crippen LogP) is 4.09. The molecule has 2 rings (SSSR count). The van der Waals surface area contributed by atoms with Crippen molar-refractivity contribution < 1.29 is 27.5 Å². The molecular weight excluding hydrogens is 340 g/mol. The number of halogens is 2. The highest BCUT2D eigenvalue weighted by Gasteiger charge is 2.21. The molecule has 128 valence electrons. The van der Waals surface area contributed by atoms with Crippen molar-refractivity contribution in [1.29, 1.82) is 0 Å². The number of amides is 1. The Morgan fingerprint density at radius 1 is 1.21 bits per heavy atom. The summed E-state index contributed by atoms with van der Waals surface area (Å²) in [6.07, 6.45) is 0.331. The number of carbonyl (C=O) groups excluding carboxylic acids is 2. The zero-order valence-electron chi connectivity index (χ0n) is 12.9. The summed E-state index contributed by atoms with van der Waals surface area (Å²) < 4.78 is 34.6. The number of ether oxygens (including phenoxy) is 1. The van der Waals surface area contributed by atoms with Gasteiger partial charge in [-0.2, -0.15) is 8.78 Å². The third-order valence-corrected chi connectivity index (χ3v) is 3.80. The summed E-state index contributed by atoms with van der Waals surface area (Å²) in [6, 6.07) is 7.40. The number of hydrogen-bond acceptors (Lipinski definition) is 5. The Morgan fingerprint density at radius 3 is 2.42 bits per heavy atom. The van der Waals surface area contributed by atoms with Gasteiger partial charge in [0.1, 0.15) is 11.3 Å². The molecule has 2 aromatic rings. The first-order chi connectivity index (χ1) is 11.4. The fourth-order valence-corrected chi connectivity index (χ4v) is 2.34. The van der Waals surface area contributed by atoms with E-state index in [9.17, 15) is 18.4 Å². The van der Waals surface area contributed by atoms with Crippen molar-refractivity contribution in [2.24, 2.45) is 0 Å². The minimum Gasteiger partial charge on any atom is -0.469 e. The monoisotopic (exact) mass is 355 g/mol. The SMILES string of the molecule is Cc1occc1C(=O)O[C@H](C)C(=O)Nc1ccc(SC(F)F)cc1. The largest absolute Gasteiger partial charge is 0.469 e. The number of carbonyl (C=O) groups is 2. The molecule has 24 heavy (non-hydrogen) atoms. The van der Waals surface area contributed by atoms with Crippen molar-refractivity contribution in [3.05, 3.63) is 47.9 Å². The van der Waals surface area contributed by atoms with Crippen LogP contribution in [0.25, 0.3) is 0 Å².